The van der Waals surface area contributed by atoms with Crippen LogP contribution in [0.3, 0.4) is 0 Å². The zero-order chi connectivity index (χ0) is 15.8. The van der Waals surface area contributed by atoms with Crippen LogP contribution in [-0.2, 0) is 9.59 Å². The van der Waals surface area contributed by atoms with Gasteiger partial charge in [-0.05, 0) is 44.6 Å². The summed E-state index contributed by atoms with van der Waals surface area (Å²) in [5.74, 6) is 0.833. The molecule has 0 radical (unpaired) electrons. The lowest BCUT2D eigenvalue weighted by Crippen LogP contribution is -2.46. The highest BCUT2D eigenvalue weighted by Crippen LogP contribution is 2.17. The zero-order valence-electron chi connectivity index (χ0n) is 14.3. The second-order valence-electron chi connectivity index (χ2n) is 6.70. The van der Waals surface area contributed by atoms with Crippen molar-refractivity contribution in [3.8, 4) is 0 Å². The molecule has 2 unspecified atom stereocenters. The molecule has 0 aromatic heterocycles. The van der Waals surface area contributed by atoms with Crippen LogP contribution < -0.4 is 10.6 Å². The summed E-state index contributed by atoms with van der Waals surface area (Å²) in [6, 6.07) is -0.00429. The predicted molar refractivity (Wildman–Crippen MR) is 94.7 cm³/mol. The maximum absolute atomic E-state index is 12.2. The highest BCUT2D eigenvalue weighted by molar-refractivity contribution is 5.85. The lowest BCUT2D eigenvalue weighted by Gasteiger charge is -2.33. The zero-order valence-corrected chi connectivity index (χ0v) is 15.1. The highest BCUT2D eigenvalue weighted by Gasteiger charge is 2.26. The number of carbonyl (C=O) groups excluding carboxylic acids is 2. The molecule has 0 aromatic rings. The number of unbranched alkanes of at least 4 members (excludes halogenated alkanes) is 2. The Morgan fingerprint density at radius 1 is 1.22 bits per heavy atom. The number of nitrogens with zero attached hydrogens (tertiary/aromatic N) is 1. The van der Waals surface area contributed by atoms with Crippen LogP contribution in [0, 0.1) is 5.92 Å². The number of amides is 2. The van der Waals surface area contributed by atoms with Crippen LogP contribution in [0.1, 0.15) is 58.3 Å². The minimum atomic E-state index is -0.00429. The third-order valence-corrected chi connectivity index (χ3v) is 4.81. The Hall–Kier alpha value is -0.810. The molecule has 2 fully saturated rings. The number of carbonyl (C=O) groups is 2. The van der Waals surface area contributed by atoms with Gasteiger partial charge in [0.15, 0.2) is 0 Å². The molecule has 2 atom stereocenters. The van der Waals surface area contributed by atoms with E-state index in [0.717, 1.165) is 64.6 Å². The van der Waals surface area contributed by atoms with Gasteiger partial charge in [0.05, 0.1) is 6.04 Å². The van der Waals surface area contributed by atoms with E-state index in [4.69, 9.17) is 0 Å². The van der Waals surface area contributed by atoms with E-state index in [1.807, 2.05) is 4.90 Å². The Labute approximate surface area is 146 Å². The average Bonchev–Trinajstić information content (AvgIpc) is 3.07. The smallest absolute Gasteiger partial charge is 0.237 e. The van der Waals surface area contributed by atoms with Gasteiger partial charge < -0.3 is 15.5 Å². The molecule has 134 valence electrons. The molecule has 2 N–H and O–H groups in total. The SMILES string of the molecule is CCCCCC(=O)N1CCCC(CNC(=O)C2CCCN2)C1.Cl. The lowest BCUT2D eigenvalue weighted by atomic mass is 9.97. The quantitative estimate of drug-likeness (QED) is 0.694. The summed E-state index contributed by atoms with van der Waals surface area (Å²) in [6.07, 6.45) is 8.16. The van der Waals surface area contributed by atoms with Crippen molar-refractivity contribution in [1.29, 1.82) is 0 Å². The topological polar surface area (TPSA) is 61.4 Å². The van der Waals surface area contributed by atoms with Crippen LogP contribution in [0.15, 0.2) is 0 Å². The first-order valence-corrected chi connectivity index (χ1v) is 8.99. The standard InChI is InChI=1S/C17H31N3O2.ClH/c1-2-3-4-9-16(21)20-11-6-7-14(13-20)12-19-17(22)15-8-5-10-18-15;/h14-15,18H,2-13H2,1H3,(H,19,22);1H. The molecule has 0 aromatic carbocycles. The van der Waals surface area contributed by atoms with E-state index in [0.29, 0.717) is 24.8 Å². The fourth-order valence-corrected chi connectivity index (χ4v) is 3.42. The van der Waals surface area contributed by atoms with Crippen molar-refractivity contribution < 1.29 is 9.59 Å². The lowest BCUT2D eigenvalue weighted by molar-refractivity contribution is -0.133. The minimum absolute atomic E-state index is 0. The van der Waals surface area contributed by atoms with Crippen LogP contribution in [0.2, 0.25) is 0 Å². The largest absolute Gasteiger partial charge is 0.354 e. The van der Waals surface area contributed by atoms with Gasteiger partial charge in [-0.2, -0.15) is 0 Å². The van der Waals surface area contributed by atoms with Gasteiger partial charge in [-0.1, -0.05) is 19.8 Å². The first-order chi connectivity index (χ1) is 10.7. The van der Waals surface area contributed by atoms with Crippen molar-refractivity contribution in [3.63, 3.8) is 0 Å². The fourth-order valence-electron chi connectivity index (χ4n) is 3.42. The van der Waals surface area contributed by atoms with Crippen molar-refractivity contribution >= 4 is 24.2 Å². The number of hydrogen-bond donors (Lipinski definition) is 2. The van der Waals surface area contributed by atoms with Gasteiger partial charge in [0, 0.05) is 26.1 Å². The molecule has 2 amide bonds. The summed E-state index contributed by atoms with van der Waals surface area (Å²) in [4.78, 5) is 26.2. The summed E-state index contributed by atoms with van der Waals surface area (Å²) in [7, 11) is 0. The molecule has 2 saturated heterocycles. The van der Waals surface area contributed by atoms with Gasteiger partial charge in [-0.15, -0.1) is 12.4 Å². The molecule has 0 saturated carbocycles. The van der Waals surface area contributed by atoms with E-state index in [2.05, 4.69) is 17.6 Å². The normalized spacial score (nSPS) is 24.1. The summed E-state index contributed by atoms with van der Waals surface area (Å²) in [5, 5.41) is 6.29. The third kappa shape index (κ3) is 6.68. The molecule has 0 aliphatic carbocycles. The Bertz CT molecular complexity index is 373. The van der Waals surface area contributed by atoms with Crippen molar-refractivity contribution in [1.82, 2.24) is 15.5 Å². The van der Waals surface area contributed by atoms with Gasteiger partial charge in [-0.3, -0.25) is 9.59 Å². The first-order valence-electron chi connectivity index (χ1n) is 8.99. The number of nitrogens with one attached hydrogen (secondary N) is 2. The maximum atomic E-state index is 12.2. The Kier molecular flexibility index (Phi) is 9.56. The molecule has 0 bridgehead atoms. The van der Waals surface area contributed by atoms with E-state index in [1.165, 1.54) is 0 Å². The molecular formula is C17H32ClN3O2. The minimum Gasteiger partial charge on any atom is -0.354 e. The average molecular weight is 346 g/mol. The number of likely N-dealkylation sites (tertiary alicyclic amines) is 1. The molecule has 0 spiro atoms. The maximum Gasteiger partial charge on any atom is 0.237 e. The van der Waals surface area contributed by atoms with Gasteiger partial charge in [0.1, 0.15) is 0 Å². The van der Waals surface area contributed by atoms with Crippen molar-refractivity contribution in [2.45, 2.75) is 64.3 Å². The summed E-state index contributed by atoms with van der Waals surface area (Å²) < 4.78 is 0. The number of rotatable bonds is 7. The van der Waals surface area contributed by atoms with Crippen LogP contribution in [0.5, 0.6) is 0 Å². The van der Waals surface area contributed by atoms with Crippen molar-refractivity contribution in [2.24, 2.45) is 5.92 Å². The van der Waals surface area contributed by atoms with Gasteiger partial charge in [0.25, 0.3) is 0 Å². The number of hydrogen-bond acceptors (Lipinski definition) is 3. The fraction of sp³-hybridized carbons (Fsp3) is 0.882. The number of piperidine rings is 1. The molecule has 5 nitrogen and oxygen atoms in total. The molecule has 2 rings (SSSR count). The molecule has 6 heteroatoms. The van der Waals surface area contributed by atoms with Gasteiger partial charge in [0.2, 0.25) is 11.8 Å². The highest BCUT2D eigenvalue weighted by atomic mass is 35.5. The van der Waals surface area contributed by atoms with Crippen molar-refractivity contribution in [3.05, 3.63) is 0 Å². The van der Waals surface area contributed by atoms with Crippen LogP contribution >= 0.6 is 12.4 Å². The third-order valence-electron chi connectivity index (χ3n) is 4.81. The van der Waals surface area contributed by atoms with E-state index in [1.54, 1.807) is 0 Å². The Morgan fingerprint density at radius 3 is 2.74 bits per heavy atom. The van der Waals surface area contributed by atoms with E-state index in [-0.39, 0.29) is 24.4 Å². The van der Waals surface area contributed by atoms with E-state index in [9.17, 15) is 9.59 Å². The van der Waals surface area contributed by atoms with Gasteiger partial charge >= 0.3 is 0 Å². The predicted octanol–water partition coefficient (Wildman–Crippen LogP) is 2.10. The second-order valence-corrected chi connectivity index (χ2v) is 6.70. The summed E-state index contributed by atoms with van der Waals surface area (Å²) in [6.45, 7) is 5.50. The molecule has 2 aliphatic heterocycles. The molecular weight excluding hydrogens is 314 g/mol. The van der Waals surface area contributed by atoms with Crippen LogP contribution in [0.4, 0.5) is 0 Å². The van der Waals surface area contributed by atoms with E-state index >= 15 is 0 Å². The first kappa shape index (κ1) is 20.2. The summed E-state index contributed by atoms with van der Waals surface area (Å²) >= 11 is 0. The van der Waals surface area contributed by atoms with E-state index < -0.39 is 0 Å². The Morgan fingerprint density at radius 2 is 2.04 bits per heavy atom. The number of halogens is 1. The van der Waals surface area contributed by atoms with Crippen LogP contribution in [0.25, 0.3) is 0 Å². The molecule has 2 heterocycles. The van der Waals surface area contributed by atoms with Gasteiger partial charge in [-0.25, -0.2) is 0 Å². The molecule has 2 aliphatic rings. The summed E-state index contributed by atoms with van der Waals surface area (Å²) in [5.41, 5.74) is 0. The monoisotopic (exact) mass is 345 g/mol. The van der Waals surface area contributed by atoms with Crippen LogP contribution in [-0.4, -0.2) is 48.9 Å². The Balaban J connectivity index is 0.00000264. The molecule has 23 heavy (non-hydrogen) atoms. The second kappa shape index (κ2) is 10.9. The van der Waals surface area contributed by atoms with Crippen molar-refractivity contribution in [2.75, 3.05) is 26.2 Å².